The molecule has 0 saturated carbocycles. The summed E-state index contributed by atoms with van der Waals surface area (Å²) in [5, 5.41) is 2.70. The zero-order valence-corrected chi connectivity index (χ0v) is 16.9. The second-order valence-electron chi connectivity index (χ2n) is 6.48. The van der Waals surface area contributed by atoms with Gasteiger partial charge in [-0.05, 0) is 62.2 Å². The van der Waals surface area contributed by atoms with Crippen LogP contribution in [-0.4, -0.2) is 38.3 Å². The molecule has 0 heterocycles. The molecule has 1 amide bonds. The van der Waals surface area contributed by atoms with E-state index in [1.165, 1.54) is 16.4 Å². The third-order valence-corrected chi connectivity index (χ3v) is 6.27. The lowest BCUT2D eigenvalue weighted by Crippen LogP contribution is -2.33. The Labute approximate surface area is 161 Å². The molecule has 0 spiro atoms. The monoisotopic (exact) mass is 390 g/mol. The highest BCUT2D eigenvalue weighted by Crippen LogP contribution is 2.19. The molecule has 146 valence electrons. The van der Waals surface area contributed by atoms with Gasteiger partial charge in [0.2, 0.25) is 10.0 Å². The lowest BCUT2D eigenvalue weighted by Gasteiger charge is -2.21. The molecule has 0 aliphatic heterocycles. The van der Waals surface area contributed by atoms with E-state index in [1.807, 2.05) is 32.0 Å². The number of sulfonamides is 1. The van der Waals surface area contributed by atoms with Crippen molar-refractivity contribution in [2.45, 2.75) is 38.1 Å². The lowest BCUT2D eigenvalue weighted by atomic mass is 10.2. The van der Waals surface area contributed by atoms with Crippen molar-refractivity contribution in [3.8, 4) is 5.75 Å². The zero-order valence-electron chi connectivity index (χ0n) is 16.1. The Kier molecular flexibility index (Phi) is 6.98. The average molecular weight is 391 g/mol. The number of aryl methyl sites for hydroxylation is 1. The van der Waals surface area contributed by atoms with Gasteiger partial charge in [-0.1, -0.05) is 19.1 Å². The maximum atomic E-state index is 12.4. The van der Waals surface area contributed by atoms with Gasteiger partial charge < -0.3 is 10.1 Å². The van der Waals surface area contributed by atoms with E-state index in [0.29, 0.717) is 11.4 Å². The van der Waals surface area contributed by atoms with E-state index in [9.17, 15) is 13.2 Å². The normalized spacial score (nSPS) is 11.6. The molecule has 0 aliphatic rings. The van der Waals surface area contributed by atoms with Crippen molar-refractivity contribution in [1.82, 2.24) is 4.31 Å². The van der Waals surface area contributed by atoms with Crippen LogP contribution in [0, 0.1) is 0 Å². The minimum Gasteiger partial charge on any atom is -0.484 e. The SMILES string of the molecule is CCc1cccc(OCC(=O)Nc2ccc(S(=O)(=O)N(C)C(C)C)cc2)c1. The third-order valence-electron chi connectivity index (χ3n) is 4.22. The first kappa shape index (κ1) is 20.9. The lowest BCUT2D eigenvalue weighted by molar-refractivity contribution is -0.118. The van der Waals surface area contributed by atoms with Gasteiger partial charge in [-0.25, -0.2) is 8.42 Å². The summed E-state index contributed by atoms with van der Waals surface area (Å²) in [6.45, 7) is 5.54. The number of benzene rings is 2. The summed E-state index contributed by atoms with van der Waals surface area (Å²) >= 11 is 0. The van der Waals surface area contributed by atoms with Crippen LogP contribution >= 0.6 is 0 Å². The Morgan fingerprint density at radius 3 is 2.41 bits per heavy atom. The number of carbonyl (C=O) groups excluding carboxylic acids is 1. The molecule has 2 rings (SSSR count). The van der Waals surface area contributed by atoms with E-state index in [4.69, 9.17) is 4.74 Å². The van der Waals surface area contributed by atoms with Gasteiger partial charge in [0.15, 0.2) is 6.61 Å². The number of carbonyl (C=O) groups is 1. The van der Waals surface area contributed by atoms with Crippen LogP contribution in [0.5, 0.6) is 5.75 Å². The number of nitrogens with one attached hydrogen (secondary N) is 1. The van der Waals surface area contributed by atoms with Crippen molar-refractivity contribution < 1.29 is 17.9 Å². The molecule has 0 fully saturated rings. The van der Waals surface area contributed by atoms with Crippen LogP contribution in [-0.2, 0) is 21.2 Å². The van der Waals surface area contributed by atoms with Crippen molar-refractivity contribution in [3.63, 3.8) is 0 Å². The summed E-state index contributed by atoms with van der Waals surface area (Å²) in [6.07, 6.45) is 0.894. The average Bonchev–Trinajstić information content (AvgIpc) is 2.66. The second kappa shape index (κ2) is 9.01. The Bertz CT molecular complexity index is 877. The smallest absolute Gasteiger partial charge is 0.262 e. The molecule has 7 heteroatoms. The van der Waals surface area contributed by atoms with Gasteiger partial charge in [-0.15, -0.1) is 0 Å². The van der Waals surface area contributed by atoms with Crippen LogP contribution < -0.4 is 10.1 Å². The Morgan fingerprint density at radius 2 is 1.81 bits per heavy atom. The molecular formula is C20H26N2O4S. The first-order chi connectivity index (χ1) is 12.7. The molecule has 0 bridgehead atoms. The fourth-order valence-corrected chi connectivity index (χ4v) is 3.72. The summed E-state index contributed by atoms with van der Waals surface area (Å²) < 4.78 is 31.7. The summed E-state index contributed by atoms with van der Waals surface area (Å²) in [7, 11) is -2.00. The molecule has 6 nitrogen and oxygen atoms in total. The minimum atomic E-state index is -3.54. The highest BCUT2D eigenvalue weighted by atomic mass is 32.2. The molecule has 0 aliphatic carbocycles. The van der Waals surface area contributed by atoms with Crippen molar-refractivity contribution in [2.24, 2.45) is 0 Å². The van der Waals surface area contributed by atoms with Gasteiger partial charge in [-0.2, -0.15) is 4.31 Å². The van der Waals surface area contributed by atoms with E-state index in [2.05, 4.69) is 12.2 Å². The number of anilines is 1. The van der Waals surface area contributed by atoms with Crippen LogP contribution in [0.4, 0.5) is 5.69 Å². The standard InChI is InChI=1S/C20H26N2O4S/c1-5-16-7-6-8-18(13-16)26-14-20(23)21-17-9-11-19(12-10-17)27(24,25)22(4)15(2)3/h6-13,15H,5,14H2,1-4H3,(H,21,23). The maximum absolute atomic E-state index is 12.4. The molecule has 1 N–H and O–H groups in total. The first-order valence-electron chi connectivity index (χ1n) is 8.83. The minimum absolute atomic E-state index is 0.122. The predicted molar refractivity (Wildman–Crippen MR) is 106 cm³/mol. The van der Waals surface area contributed by atoms with Gasteiger partial charge in [-0.3, -0.25) is 4.79 Å². The molecule has 2 aromatic carbocycles. The summed E-state index contributed by atoms with van der Waals surface area (Å²) in [5.41, 5.74) is 1.65. The molecule has 0 radical (unpaired) electrons. The molecular weight excluding hydrogens is 364 g/mol. The Morgan fingerprint density at radius 1 is 1.15 bits per heavy atom. The van der Waals surface area contributed by atoms with Crippen LogP contribution in [0.25, 0.3) is 0 Å². The van der Waals surface area contributed by atoms with Crippen LogP contribution in [0.15, 0.2) is 53.4 Å². The van der Waals surface area contributed by atoms with Gasteiger partial charge in [0.25, 0.3) is 5.91 Å². The van der Waals surface area contributed by atoms with Crippen molar-refractivity contribution in [2.75, 3.05) is 19.0 Å². The number of ether oxygens (including phenoxy) is 1. The number of rotatable bonds is 8. The molecule has 0 saturated heterocycles. The molecule has 0 unspecified atom stereocenters. The fraction of sp³-hybridized carbons (Fsp3) is 0.350. The summed E-state index contributed by atoms with van der Waals surface area (Å²) in [6, 6.07) is 13.5. The second-order valence-corrected chi connectivity index (χ2v) is 8.47. The number of amides is 1. The fourth-order valence-electron chi connectivity index (χ4n) is 2.36. The Hall–Kier alpha value is -2.38. The maximum Gasteiger partial charge on any atom is 0.262 e. The number of nitrogens with zero attached hydrogens (tertiary/aromatic N) is 1. The zero-order chi connectivity index (χ0) is 20.0. The predicted octanol–water partition coefficient (Wildman–Crippen LogP) is 3.30. The molecule has 0 atom stereocenters. The van der Waals surface area contributed by atoms with Crippen LogP contribution in [0.3, 0.4) is 0 Å². The van der Waals surface area contributed by atoms with E-state index in [0.717, 1.165) is 12.0 Å². The van der Waals surface area contributed by atoms with Gasteiger partial charge in [0.1, 0.15) is 5.75 Å². The highest BCUT2D eigenvalue weighted by molar-refractivity contribution is 7.89. The van der Waals surface area contributed by atoms with Crippen molar-refractivity contribution in [1.29, 1.82) is 0 Å². The van der Waals surface area contributed by atoms with E-state index >= 15 is 0 Å². The van der Waals surface area contributed by atoms with E-state index < -0.39 is 10.0 Å². The largest absolute Gasteiger partial charge is 0.484 e. The van der Waals surface area contributed by atoms with Gasteiger partial charge in [0, 0.05) is 18.8 Å². The van der Waals surface area contributed by atoms with E-state index in [-0.39, 0.29) is 23.5 Å². The quantitative estimate of drug-likeness (QED) is 0.750. The third kappa shape index (κ3) is 5.55. The summed E-state index contributed by atoms with van der Waals surface area (Å²) in [5.74, 6) is 0.328. The molecule has 27 heavy (non-hydrogen) atoms. The Balaban J connectivity index is 1.96. The highest BCUT2D eigenvalue weighted by Gasteiger charge is 2.22. The first-order valence-corrected chi connectivity index (χ1v) is 10.3. The molecule has 0 aromatic heterocycles. The van der Waals surface area contributed by atoms with Gasteiger partial charge >= 0.3 is 0 Å². The van der Waals surface area contributed by atoms with E-state index in [1.54, 1.807) is 25.2 Å². The van der Waals surface area contributed by atoms with Crippen LogP contribution in [0.1, 0.15) is 26.3 Å². The van der Waals surface area contributed by atoms with Crippen LogP contribution in [0.2, 0.25) is 0 Å². The van der Waals surface area contributed by atoms with Gasteiger partial charge in [0.05, 0.1) is 4.90 Å². The topological polar surface area (TPSA) is 75.7 Å². The summed E-state index contributed by atoms with van der Waals surface area (Å²) in [4.78, 5) is 12.2. The number of hydrogen-bond acceptors (Lipinski definition) is 4. The van der Waals surface area contributed by atoms with Crippen molar-refractivity contribution in [3.05, 3.63) is 54.1 Å². The number of hydrogen-bond donors (Lipinski definition) is 1. The molecule has 2 aromatic rings. The van der Waals surface area contributed by atoms with Crippen molar-refractivity contribution >= 4 is 21.6 Å².